The molecule has 4 aromatic rings. The largest absolute Gasteiger partial charge is 0.453 e. The lowest BCUT2D eigenvalue weighted by molar-refractivity contribution is -0.139. The summed E-state index contributed by atoms with van der Waals surface area (Å²) in [5, 5.41) is 5.49. The summed E-state index contributed by atoms with van der Waals surface area (Å²) < 4.78 is 9.61. The van der Waals surface area contributed by atoms with E-state index >= 15 is 0 Å². The summed E-state index contributed by atoms with van der Waals surface area (Å²) in [6.45, 7) is 7.69. The van der Waals surface area contributed by atoms with Crippen molar-refractivity contribution in [2.45, 2.75) is 96.1 Å². The van der Waals surface area contributed by atoms with Gasteiger partial charge in [-0.05, 0) is 78.0 Å². The van der Waals surface area contributed by atoms with Crippen LogP contribution in [0, 0.1) is 23.7 Å². The molecule has 300 valence electrons. The molecule has 4 fully saturated rings. The summed E-state index contributed by atoms with van der Waals surface area (Å²) in [6, 6.07) is 15.2. The minimum absolute atomic E-state index is 0.0937. The zero-order chi connectivity index (χ0) is 40.1. The van der Waals surface area contributed by atoms with Gasteiger partial charge in [-0.1, -0.05) is 76.2 Å². The van der Waals surface area contributed by atoms with Crippen LogP contribution in [0.5, 0.6) is 0 Å². The molecule has 2 aromatic heterocycles. The third-order valence-electron chi connectivity index (χ3n) is 12.5. The highest BCUT2D eigenvalue weighted by Crippen LogP contribution is 2.54. The number of fused-ring (bicyclic) bond motifs is 3. The highest BCUT2D eigenvalue weighted by Gasteiger charge is 2.56. The van der Waals surface area contributed by atoms with Crippen LogP contribution < -0.4 is 10.6 Å². The second kappa shape index (κ2) is 15.4. The Hall–Kier alpha value is -5.66. The molecule has 2 aromatic carbocycles. The normalized spacial score (nSPS) is 24.4. The van der Waals surface area contributed by atoms with Crippen LogP contribution in [-0.4, -0.2) is 92.1 Å². The number of piperidine rings is 2. The van der Waals surface area contributed by atoms with Crippen LogP contribution in [0.2, 0.25) is 0 Å². The number of nitrogens with one attached hydrogen (secondary N) is 4. The van der Waals surface area contributed by atoms with Crippen LogP contribution in [0.25, 0.3) is 33.6 Å². The Bertz CT molecular complexity index is 2130. The van der Waals surface area contributed by atoms with Crippen molar-refractivity contribution in [3.8, 4) is 33.6 Å². The van der Waals surface area contributed by atoms with Gasteiger partial charge in [0, 0.05) is 12.1 Å². The Morgan fingerprint density at radius 2 is 1.14 bits per heavy atom. The van der Waals surface area contributed by atoms with Gasteiger partial charge < -0.3 is 39.9 Å². The van der Waals surface area contributed by atoms with Crippen LogP contribution in [0.1, 0.15) is 83.5 Å². The van der Waals surface area contributed by atoms with E-state index in [2.05, 4.69) is 69.1 Å². The maximum absolute atomic E-state index is 13.9. The first-order chi connectivity index (χ1) is 27.4. The first kappa shape index (κ1) is 38.2. The molecule has 14 heteroatoms. The molecule has 4 amide bonds. The number of hydrogen-bond acceptors (Lipinski definition) is 8. The minimum Gasteiger partial charge on any atom is -0.453 e. The summed E-state index contributed by atoms with van der Waals surface area (Å²) in [5.41, 5.74) is 5.87. The summed E-state index contributed by atoms with van der Waals surface area (Å²) in [5.74, 6) is 1.89. The van der Waals surface area contributed by atoms with Gasteiger partial charge in [-0.3, -0.25) is 9.59 Å². The Morgan fingerprint density at radius 3 is 1.67 bits per heavy atom. The van der Waals surface area contributed by atoms with Crippen molar-refractivity contribution in [3.05, 3.63) is 72.6 Å². The van der Waals surface area contributed by atoms with E-state index in [0.717, 1.165) is 77.4 Å². The number of H-pyrrole nitrogens is 2. The molecule has 4 heterocycles. The number of aromatic amines is 2. The lowest BCUT2D eigenvalue weighted by Gasteiger charge is -2.37. The summed E-state index contributed by atoms with van der Waals surface area (Å²) in [7, 11) is 2.61. The fourth-order valence-electron chi connectivity index (χ4n) is 9.37. The molecule has 2 aliphatic heterocycles. The van der Waals surface area contributed by atoms with E-state index in [1.807, 2.05) is 49.9 Å². The first-order valence-electron chi connectivity index (χ1n) is 20.1. The number of hydrogen-bond donors (Lipinski definition) is 4. The van der Waals surface area contributed by atoms with Gasteiger partial charge in [0.2, 0.25) is 11.8 Å². The molecule has 8 atom stereocenters. The fraction of sp³-hybridized carbons (Fsp3) is 0.488. The summed E-state index contributed by atoms with van der Waals surface area (Å²) in [6.07, 6.45) is 7.19. The lowest BCUT2D eigenvalue weighted by Crippen LogP contribution is -2.54. The summed E-state index contributed by atoms with van der Waals surface area (Å²) in [4.78, 5) is 72.3. The molecule has 0 unspecified atom stereocenters. The van der Waals surface area contributed by atoms with Crippen LogP contribution in [0.4, 0.5) is 9.59 Å². The zero-order valence-corrected chi connectivity index (χ0v) is 33.3. The number of aromatic nitrogens is 4. The highest BCUT2D eigenvalue weighted by molar-refractivity contribution is 5.88. The van der Waals surface area contributed by atoms with Crippen molar-refractivity contribution in [2.75, 3.05) is 14.2 Å². The second-order valence-corrected chi connectivity index (χ2v) is 16.7. The Morgan fingerprint density at radius 1 is 0.649 bits per heavy atom. The molecule has 2 saturated carbocycles. The van der Waals surface area contributed by atoms with Gasteiger partial charge in [-0.25, -0.2) is 19.6 Å². The molecule has 4 N–H and O–H groups in total. The van der Waals surface area contributed by atoms with Gasteiger partial charge in [0.15, 0.2) is 0 Å². The standard InChI is InChI=1S/C43H52N8O6/c1-22(2)35(48-42(54)56-5)40(52)50-30-16-15-28(17-30)37(50)39-45-21-32(47-39)27-13-9-25(10-14-27)24-7-11-26(12-8-24)31-20-44-38(46-31)34-19-29-18-33(29)51(34)41(53)36(23(3)4)49-43(55)57-6/h7-14,20-23,28-30,33-37H,15-19H2,1-6H3,(H,44,46)(H,45,47)(H,48,54)(H,49,55)/t28-,29+,30-,33+,34-,35+,36-,37+/m0/s1. The van der Waals surface area contributed by atoms with Crippen LogP contribution >= 0.6 is 0 Å². The van der Waals surface area contributed by atoms with Crippen molar-refractivity contribution in [1.29, 1.82) is 0 Å². The topological polar surface area (TPSA) is 175 Å². The van der Waals surface area contributed by atoms with E-state index in [0.29, 0.717) is 11.8 Å². The number of alkyl carbamates (subject to hydrolysis) is 2. The molecule has 2 bridgehead atoms. The van der Waals surface area contributed by atoms with E-state index in [-0.39, 0.29) is 47.8 Å². The SMILES string of the molecule is COC(=O)N[C@H](C(=O)N1[C@@H]2C[C@@H]2C[C@H]1c1ncc(-c2ccc(-c3ccc(-c4cnc([C@H]5[C@H]6CC[C@@H](C6)N5C(=O)[C@H](NC(=O)OC)C(C)C)[nH]4)cc3)cc2)[nH]1)C(C)C. The number of benzene rings is 2. The monoisotopic (exact) mass is 776 g/mol. The molecule has 8 rings (SSSR count). The molecule has 57 heavy (non-hydrogen) atoms. The quantitative estimate of drug-likeness (QED) is 0.132. The van der Waals surface area contributed by atoms with Crippen molar-refractivity contribution in [3.63, 3.8) is 0 Å². The minimum atomic E-state index is -0.681. The second-order valence-electron chi connectivity index (χ2n) is 16.7. The van der Waals surface area contributed by atoms with Gasteiger partial charge in [0.25, 0.3) is 0 Å². The number of methoxy groups -OCH3 is 2. The highest BCUT2D eigenvalue weighted by atomic mass is 16.5. The molecular formula is C43H52N8O6. The van der Waals surface area contributed by atoms with Crippen molar-refractivity contribution < 1.29 is 28.7 Å². The third kappa shape index (κ3) is 7.25. The number of likely N-dealkylation sites (tertiary alicyclic amines) is 2. The number of imidazole rings is 2. The average Bonchev–Trinajstić information content (AvgIpc) is 3.86. The fourth-order valence-corrected chi connectivity index (χ4v) is 9.37. The van der Waals surface area contributed by atoms with Gasteiger partial charge in [-0.2, -0.15) is 0 Å². The lowest BCUT2D eigenvalue weighted by atomic mass is 9.95. The maximum Gasteiger partial charge on any atom is 0.407 e. The van der Waals surface area contributed by atoms with E-state index < -0.39 is 24.3 Å². The first-order valence-corrected chi connectivity index (χ1v) is 20.1. The van der Waals surface area contributed by atoms with Gasteiger partial charge in [0.05, 0.1) is 50.1 Å². The van der Waals surface area contributed by atoms with Crippen LogP contribution in [0.3, 0.4) is 0 Å². The Kier molecular flexibility index (Phi) is 10.3. The van der Waals surface area contributed by atoms with Crippen molar-refractivity contribution in [1.82, 2.24) is 40.4 Å². The van der Waals surface area contributed by atoms with Crippen LogP contribution in [-0.2, 0) is 19.1 Å². The third-order valence-corrected chi connectivity index (χ3v) is 12.5. The number of nitrogens with zero attached hydrogens (tertiary/aromatic N) is 4. The van der Waals surface area contributed by atoms with Crippen molar-refractivity contribution >= 4 is 24.0 Å². The maximum atomic E-state index is 13.9. The number of amides is 4. The smallest absolute Gasteiger partial charge is 0.407 e. The van der Waals surface area contributed by atoms with E-state index in [4.69, 9.17) is 19.4 Å². The number of carbonyl (C=O) groups excluding carboxylic acids is 4. The molecule has 4 aliphatic rings. The van der Waals surface area contributed by atoms with E-state index in [1.165, 1.54) is 14.2 Å². The van der Waals surface area contributed by atoms with E-state index in [1.54, 1.807) is 0 Å². The predicted molar refractivity (Wildman–Crippen MR) is 212 cm³/mol. The number of carbonyl (C=O) groups is 4. The Labute approximate surface area is 332 Å². The summed E-state index contributed by atoms with van der Waals surface area (Å²) >= 11 is 0. The predicted octanol–water partition coefficient (Wildman–Crippen LogP) is 6.61. The van der Waals surface area contributed by atoms with Crippen molar-refractivity contribution in [2.24, 2.45) is 23.7 Å². The number of rotatable bonds is 11. The molecule has 2 aliphatic carbocycles. The molecule has 0 spiro atoms. The van der Waals surface area contributed by atoms with Gasteiger partial charge in [0.1, 0.15) is 23.7 Å². The number of ether oxygens (including phenoxy) is 2. The van der Waals surface area contributed by atoms with E-state index in [9.17, 15) is 19.2 Å². The van der Waals surface area contributed by atoms with Gasteiger partial charge >= 0.3 is 12.2 Å². The zero-order valence-electron chi connectivity index (χ0n) is 33.3. The molecule has 14 nitrogen and oxygen atoms in total. The Balaban J connectivity index is 0.941. The average molecular weight is 777 g/mol. The molecule has 0 radical (unpaired) electrons. The van der Waals surface area contributed by atoms with Crippen LogP contribution in [0.15, 0.2) is 60.9 Å². The molecular weight excluding hydrogens is 725 g/mol. The van der Waals surface area contributed by atoms with Gasteiger partial charge in [-0.15, -0.1) is 0 Å². The molecule has 2 saturated heterocycles.